The number of rotatable bonds is 10. The maximum absolute atomic E-state index is 13.3. The average molecular weight is 421 g/mol. The third-order valence-electron chi connectivity index (χ3n) is 6.11. The summed E-state index contributed by atoms with van der Waals surface area (Å²) in [5.41, 5.74) is 2.33. The molecule has 1 aliphatic rings. The number of hydrogen-bond acceptors (Lipinski definition) is 2. The Labute approximate surface area is 187 Å². The van der Waals surface area contributed by atoms with Crippen LogP contribution in [0, 0.1) is 5.92 Å². The van der Waals surface area contributed by atoms with Gasteiger partial charge in [0.05, 0.1) is 17.3 Å². The van der Waals surface area contributed by atoms with Gasteiger partial charge in [0, 0.05) is 18.7 Å². The fraction of sp³-hybridized carbons (Fsp3) is 0.481. The zero-order valence-electron chi connectivity index (χ0n) is 19.1. The second-order valence-corrected chi connectivity index (χ2v) is 8.64. The zero-order valence-corrected chi connectivity index (χ0v) is 19.1. The number of nitrogens with zero attached hydrogens (tertiary/aromatic N) is 2. The number of anilines is 2. The van der Waals surface area contributed by atoms with Crippen molar-refractivity contribution in [1.29, 1.82) is 0 Å². The minimum Gasteiger partial charge on any atom is -0.310 e. The van der Waals surface area contributed by atoms with E-state index in [2.05, 4.69) is 6.92 Å². The molecule has 0 aromatic heterocycles. The maximum atomic E-state index is 13.3. The topological polar surface area (TPSA) is 40.6 Å². The molecule has 1 heterocycles. The van der Waals surface area contributed by atoms with E-state index in [0.717, 1.165) is 24.2 Å². The van der Waals surface area contributed by atoms with Crippen molar-refractivity contribution in [3.63, 3.8) is 0 Å². The van der Waals surface area contributed by atoms with E-state index < -0.39 is 0 Å². The van der Waals surface area contributed by atoms with Gasteiger partial charge in [-0.05, 0) is 30.7 Å². The van der Waals surface area contributed by atoms with Gasteiger partial charge in [-0.25, -0.2) is 0 Å². The predicted molar refractivity (Wildman–Crippen MR) is 129 cm³/mol. The Morgan fingerprint density at radius 1 is 0.839 bits per heavy atom. The van der Waals surface area contributed by atoms with Gasteiger partial charge in [-0.3, -0.25) is 9.59 Å². The molecule has 0 bridgehead atoms. The molecule has 3 rings (SSSR count). The second-order valence-electron chi connectivity index (χ2n) is 8.64. The first kappa shape index (κ1) is 23.1. The first-order valence-electron chi connectivity index (χ1n) is 11.9. The highest BCUT2D eigenvalue weighted by Crippen LogP contribution is 2.35. The molecule has 2 aromatic rings. The van der Waals surface area contributed by atoms with E-state index in [1.165, 1.54) is 38.5 Å². The van der Waals surface area contributed by atoms with Crippen molar-refractivity contribution >= 4 is 23.2 Å². The quantitative estimate of drug-likeness (QED) is 0.414. The van der Waals surface area contributed by atoms with Gasteiger partial charge in [0.2, 0.25) is 5.91 Å². The fourth-order valence-corrected chi connectivity index (χ4v) is 4.32. The van der Waals surface area contributed by atoms with Gasteiger partial charge in [-0.2, -0.15) is 0 Å². The van der Waals surface area contributed by atoms with E-state index in [1.54, 1.807) is 4.90 Å². The Bertz CT molecular complexity index is 849. The number of unbranched alkanes of at least 4 members (excludes halogenated alkanes) is 7. The number of hydrogen-bond donors (Lipinski definition) is 0. The van der Waals surface area contributed by atoms with Crippen LogP contribution in [0.2, 0.25) is 0 Å². The maximum Gasteiger partial charge on any atom is 0.258 e. The zero-order chi connectivity index (χ0) is 22.1. The summed E-state index contributed by atoms with van der Waals surface area (Å²) in [5.74, 6) is -0.186. The van der Waals surface area contributed by atoms with Crippen LogP contribution >= 0.6 is 0 Å². The number of amides is 2. The minimum atomic E-state index is -0.242. The summed E-state index contributed by atoms with van der Waals surface area (Å²) in [4.78, 5) is 30.2. The molecule has 4 nitrogen and oxygen atoms in total. The van der Waals surface area contributed by atoms with Gasteiger partial charge in [0.1, 0.15) is 0 Å². The summed E-state index contributed by atoms with van der Waals surface area (Å²) >= 11 is 0. The van der Waals surface area contributed by atoms with Crippen LogP contribution < -0.4 is 9.80 Å². The van der Waals surface area contributed by atoms with Crippen LogP contribution in [0.25, 0.3) is 0 Å². The van der Waals surface area contributed by atoms with Crippen LogP contribution in [-0.2, 0) is 4.79 Å². The van der Waals surface area contributed by atoms with E-state index in [1.807, 2.05) is 66.4 Å². The number of carbonyl (C=O) groups excluding carboxylic acids is 2. The number of fused-ring (bicyclic) bond motifs is 1. The molecular weight excluding hydrogens is 384 g/mol. The highest BCUT2D eigenvalue weighted by molar-refractivity contribution is 6.11. The molecule has 1 unspecified atom stereocenters. The minimum absolute atomic E-state index is 0.0540. The Balaban J connectivity index is 1.71. The van der Waals surface area contributed by atoms with Crippen molar-refractivity contribution < 1.29 is 9.59 Å². The lowest BCUT2D eigenvalue weighted by atomic mass is 10.1. The van der Waals surface area contributed by atoms with Crippen molar-refractivity contribution in [3.05, 3.63) is 60.2 Å². The molecule has 0 saturated carbocycles. The van der Waals surface area contributed by atoms with E-state index in [0.29, 0.717) is 18.7 Å². The number of benzene rings is 2. The van der Waals surface area contributed by atoms with Gasteiger partial charge in [0.25, 0.3) is 5.91 Å². The largest absolute Gasteiger partial charge is 0.310 e. The van der Waals surface area contributed by atoms with Gasteiger partial charge in [-0.1, -0.05) is 89.1 Å². The Morgan fingerprint density at radius 2 is 1.42 bits per heavy atom. The summed E-state index contributed by atoms with van der Waals surface area (Å²) in [6.07, 6.45) is 9.88. The molecule has 0 saturated heterocycles. The number of carbonyl (C=O) groups is 2. The third kappa shape index (κ3) is 5.96. The van der Waals surface area contributed by atoms with E-state index in [4.69, 9.17) is 0 Å². The van der Waals surface area contributed by atoms with Gasteiger partial charge < -0.3 is 9.80 Å². The smallest absolute Gasteiger partial charge is 0.258 e. The van der Waals surface area contributed by atoms with E-state index in [9.17, 15) is 9.59 Å². The molecule has 4 heteroatoms. The van der Waals surface area contributed by atoms with Crippen molar-refractivity contribution in [2.75, 3.05) is 22.9 Å². The molecule has 31 heavy (non-hydrogen) atoms. The van der Waals surface area contributed by atoms with Crippen LogP contribution in [0.4, 0.5) is 11.4 Å². The van der Waals surface area contributed by atoms with Crippen molar-refractivity contribution in [2.45, 2.75) is 65.2 Å². The van der Waals surface area contributed by atoms with E-state index in [-0.39, 0.29) is 17.7 Å². The predicted octanol–water partition coefficient (Wildman–Crippen LogP) is 6.46. The Hall–Kier alpha value is -2.62. The van der Waals surface area contributed by atoms with Crippen LogP contribution in [0.15, 0.2) is 54.6 Å². The molecular formula is C27H36N2O2. The first-order valence-corrected chi connectivity index (χ1v) is 11.9. The Kier molecular flexibility index (Phi) is 8.69. The normalized spacial score (nSPS) is 16.2. The standard InChI is InChI=1S/C27H36N2O2/c1-3-4-5-6-7-8-9-15-20-28-24-18-13-14-19-25(24)29(21-22(2)26(28)30)27(31)23-16-11-10-12-17-23/h10-14,16-19,22H,3-9,15,20-21H2,1-2H3. The molecule has 0 radical (unpaired) electrons. The first-order chi connectivity index (χ1) is 15.1. The summed E-state index contributed by atoms with van der Waals surface area (Å²) < 4.78 is 0. The number of para-hydroxylation sites is 2. The monoisotopic (exact) mass is 420 g/mol. The molecule has 1 aliphatic heterocycles. The lowest BCUT2D eigenvalue weighted by molar-refractivity contribution is -0.121. The second kappa shape index (κ2) is 11.7. The lowest BCUT2D eigenvalue weighted by Crippen LogP contribution is -2.38. The summed E-state index contributed by atoms with van der Waals surface area (Å²) in [5, 5.41) is 0. The van der Waals surface area contributed by atoms with Crippen molar-refractivity contribution in [1.82, 2.24) is 0 Å². The summed E-state index contributed by atoms with van der Waals surface area (Å²) in [6, 6.07) is 17.2. The molecule has 2 amide bonds. The molecule has 0 fully saturated rings. The molecule has 0 spiro atoms. The summed E-state index contributed by atoms with van der Waals surface area (Å²) in [6.45, 7) is 5.28. The van der Waals surface area contributed by atoms with Gasteiger partial charge >= 0.3 is 0 Å². The van der Waals surface area contributed by atoms with Crippen LogP contribution in [0.5, 0.6) is 0 Å². The third-order valence-corrected chi connectivity index (χ3v) is 6.11. The van der Waals surface area contributed by atoms with Crippen LogP contribution in [-0.4, -0.2) is 24.9 Å². The van der Waals surface area contributed by atoms with Crippen molar-refractivity contribution in [3.8, 4) is 0 Å². The highest BCUT2D eigenvalue weighted by atomic mass is 16.2. The van der Waals surface area contributed by atoms with Gasteiger partial charge in [0.15, 0.2) is 0 Å². The molecule has 0 aliphatic carbocycles. The van der Waals surface area contributed by atoms with Crippen LogP contribution in [0.1, 0.15) is 75.6 Å². The molecule has 2 aromatic carbocycles. The average Bonchev–Trinajstić information content (AvgIpc) is 2.91. The lowest BCUT2D eigenvalue weighted by Gasteiger charge is -2.25. The SMILES string of the molecule is CCCCCCCCCCN1C(=O)C(C)CN(C(=O)c2ccccc2)c2ccccc21. The fourth-order valence-electron chi connectivity index (χ4n) is 4.32. The highest BCUT2D eigenvalue weighted by Gasteiger charge is 2.33. The molecule has 166 valence electrons. The summed E-state index contributed by atoms with van der Waals surface area (Å²) in [7, 11) is 0. The molecule has 0 N–H and O–H groups in total. The molecule has 1 atom stereocenters. The van der Waals surface area contributed by atoms with Gasteiger partial charge in [-0.15, -0.1) is 0 Å². The van der Waals surface area contributed by atoms with Crippen molar-refractivity contribution in [2.24, 2.45) is 5.92 Å². The van der Waals surface area contributed by atoms with Crippen LogP contribution in [0.3, 0.4) is 0 Å². The van der Waals surface area contributed by atoms with E-state index >= 15 is 0 Å². The Morgan fingerprint density at radius 3 is 2.10 bits per heavy atom.